The highest BCUT2D eigenvalue weighted by molar-refractivity contribution is 7.85. The Kier molecular flexibility index (Phi) is 5.69. The molecule has 1 heterocycles. The summed E-state index contributed by atoms with van der Waals surface area (Å²) in [5, 5.41) is 2.72. The molecule has 1 aromatic rings. The smallest absolute Gasteiger partial charge is 0.225 e. The summed E-state index contributed by atoms with van der Waals surface area (Å²) >= 11 is 0. The highest BCUT2D eigenvalue weighted by Crippen LogP contribution is 2.19. The molecule has 116 valence electrons. The van der Waals surface area contributed by atoms with E-state index >= 15 is 0 Å². The maximum atomic E-state index is 12.9. The third kappa shape index (κ3) is 4.78. The Morgan fingerprint density at radius 2 is 2.14 bits per heavy atom. The van der Waals surface area contributed by atoms with Crippen LogP contribution in [0.1, 0.15) is 19.3 Å². The number of nitrogen functional groups attached to an aromatic ring is 1. The molecule has 2 rings (SSSR count). The van der Waals surface area contributed by atoms with Gasteiger partial charge in [-0.25, -0.2) is 4.39 Å². The Labute approximate surface area is 125 Å². The van der Waals surface area contributed by atoms with Gasteiger partial charge in [0.05, 0.1) is 11.4 Å². The molecule has 1 atom stereocenters. The highest BCUT2D eigenvalue weighted by Gasteiger charge is 2.20. The molecular formula is C14H19FN2O3S. The summed E-state index contributed by atoms with van der Waals surface area (Å²) in [6.45, 7) is 1.27. The lowest BCUT2D eigenvalue weighted by atomic mass is 10.2. The molecule has 1 unspecified atom stereocenters. The zero-order valence-corrected chi connectivity index (χ0v) is 12.5. The second kappa shape index (κ2) is 7.51. The molecule has 3 N–H and O–H groups in total. The van der Waals surface area contributed by atoms with Crippen molar-refractivity contribution in [3.63, 3.8) is 0 Å². The fraction of sp³-hybridized carbons (Fsp3) is 0.500. The third-order valence-electron chi connectivity index (χ3n) is 3.36. The molecule has 0 aliphatic carbocycles. The van der Waals surface area contributed by atoms with Crippen molar-refractivity contribution in [2.24, 2.45) is 0 Å². The summed E-state index contributed by atoms with van der Waals surface area (Å²) < 4.78 is 30.2. The van der Waals surface area contributed by atoms with Crippen LogP contribution in [-0.2, 0) is 20.3 Å². The largest absolute Gasteiger partial charge is 0.397 e. The van der Waals surface area contributed by atoms with Crippen molar-refractivity contribution in [3.8, 4) is 0 Å². The van der Waals surface area contributed by atoms with E-state index in [1.165, 1.54) is 12.1 Å². The van der Waals surface area contributed by atoms with Crippen molar-refractivity contribution in [2.45, 2.75) is 24.5 Å². The molecule has 5 nitrogen and oxygen atoms in total. The minimum absolute atomic E-state index is 0.113. The van der Waals surface area contributed by atoms with Gasteiger partial charge in [0.1, 0.15) is 5.82 Å². The van der Waals surface area contributed by atoms with E-state index in [9.17, 15) is 13.4 Å². The molecule has 0 spiro atoms. The number of halogens is 1. The quantitative estimate of drug-likeness (QED) is 0.810. The first kappa shape index (κ1) is 15.9. The molecule has 1 aliphatic rings. The first-order valence-corrected chi connectivity index (χ1v) is 8.24. The van der Waals surface area contributed by atoms with Crippen LogP contribution in [0.4, 0.5) is 15.8 Å². The minimum Gasteiger partial charge on any atom is -0.397 e. The Hall–Kier alpha value is -1.47. The standard InChI is InChI=1S/C14H19FN2O3S/c15-10-1-2-13(12(16)9-10)17-14(18)5-8-21(19)11-3-6-20-7-4-11/h1-2,9,11H,3-8,16H2,(H,17,18). The number of carbonyl (C=O) groups is 1. The number of carbonyl (C=O) groups excluding carboxylic acids is 1. The van der Waals surface area contributed by atoms with E-state index in [0.29, 0.717) is 24.7 Å². The number of ether oxygens (including phenoxy) is 1. The summed E-state index contributed by atoms with van der Waals surface area (Å²) in [5.41, 5.74) is 6.16. The Bertz CT molecular complexity index is 533. The van der Waals surface area contributed by atoms with E-state index in [1.807, 2.05) is 0 Å². The van der Waals surface area contributed by atoms with Gasteiger partial charge in [0.15, 0.2) is 0 Å². The van der Waals surface area contributed by atoms with E-state index in [1.54, 1.807) is 0 Å². The summed E-state index contributed by atoms with van der Waals surface area (Å²) in [7, 11) is -1.03. The molecule has 0 bridgehead atoms. The molecule has 1 aromatic carbocycles. The Morgan fingerprint density at radius 3 is 2.81 bits per heavy atom. The van der Waals surface area contributed by atoms with Crippen LogP contribution in [0.15, 0.2) is 18.2 Å². The predicted molar refractivity (Wildman–Crippen MR) is 80.9 cm³/mol. The van der Waals surface area contributed by atoms with Crippen molar-refractivity contribution in [1.82, 2.24) is 0 Å². The second-order valence-electron chi connectivity index (χ2n) is 4.93. The average Bonchev–Trinajstić information content (AvgIpc) is 2.48. The first-order chi connectivity index (χ1) is 10.1. The minimum atomic E-state index is -1.03. The normalized spacial score (nSPS) is 17.4. The van der Waals surface area contributed by atoms with E-state index in [4.69, 9.17) is 10.5 Å². The SMILES string of the molecule is Nc1cc(F)ccc1NC(=O)CCS(=O)C1CCOCC1. The maximum absolute atomic E-state index is 12.9. The van der Waals surface area contributed by atoms with Crippen molar-refractivity contribution in [1.29, 1.82) is 0 Å². The zero-order chi connectivity index (χ0) is 15.2. The summed E-state index contributed by atoms with van der Waals surface area (Å²) in [6, 6.07) is 3.79. The number of hydrogen-bond acceptors (Lipinski definition) is 4. The second-order valence-corrected chi connectivity index (χ2v) is 6.76. The van der Waals surface area contributed by atoms with Crippen LogP contribution in [0.2, 0.25) is 0 Å². The molecule has 0 aromatic heterocycles. The lowest BCUT2D eigenvalue weighted by molar-refractivity contribution is -0.115. The molecular weight excluding hydrogens is 295 g/mol. The summed E-state index contributed by atoms with van der Waals surface area (Å²) in [4.78, 5) is 11.8. The number of rotatable bonds is 5. The van der Waals surface area contributed by atoms with E-state index in [2.05, 4.69) is 5.32 Å². The summed E-state index contributed by atoms with van der Waals surface area (Å²) in [6.07, 6.45) is 1.71. The van der Waals surface area contributed by atoms with E-state index in [-0.39, 0.29) is 23.3 Å². The lowest BCUT2D eigenvalue weighted by Gasteiger charge is -2.21. The number of anilines is 2. The van der Waals surface area contributed by atoms with Gasteiger partial charge in [-0.15, -0.1) is 0 Å². The molecule has 21 heavy (non-hydrogen) atoms. The molecule has 0 saturated carbocycles. The maximum Gasteiger partial charge on any atom is 0.225 e. The van der Waals surface area contributed by atoms with Gasteiger partial charge in [0.25, 0.3) is 0 Å². The number of hydrogen-bond donors (Lipinski definition) is 2. The third-order valence-corrected chi connectivity index (χ3v) is 5.18. The van der Waals surface area contributed by atoms with Crippen molar-refractivity contribution < 1.29 is 18.1 Å². The van der Waals surface area contributed by atoms with Gasteiger partial charge < -0.3 is 15.8 Å². The van der Waals surface area contributed by atoms with Crippen LogP contribution in [0.5, 0.6) is 0 Å². The molecule has 1 saturated heterocycles. The molecule has 1 aliphatic heterocycles. The van der Waals surface area contributed by atoms with Gasteiger partial charge in [-0.2, -0.15) is 0 Å². The van der Waals surface area contributed by atoms with Crippen molar-refractivity contribution in [2.75, 3.05) is 30.0 Å². The average molecular weight is 314 g/mol. The van der Waals surface area contributed by atoms with Crippen LogP contribution < -0.4 is 11.1 Å². The van der Waals surface area contributed by atoms with E-state index in [0.717, 1.165) is 18.9 Å². The van der Waals surface area contributed by atoms with E-state index < -0.39 is 16.6 Å². The topological polar surface area (TPSA) is 81.4 Å². The molecule has 7 heteroatoms. The molecule has 0 radical (unpaired) electrons. The number of nitrogens with two attached hydrogens (primary N) is 1. The fourth-order valence-electron chi connectivity index (χ4n) is 2.16. The van der Waals surface area contributed by atoms with Gasteiger partial charge in [-0.3, -0.25) is 9.00 Å². The van der Waals surface area contributed by atoms with Crippen LogP contribution in [0, 0.1) is 5.82 Å². The lowest BCUT2D eigenvalue weighted by Crippen LogP contribution is -2.27. The Morgan fingerprint density at radius 1 is 1.43 bits per heavy atom. The highest BCUT2D eigenvalue weighted by atomic mass is 32.2. The zero-order valence-electron chi connectivity index (χ0n) is 11.6. The van der Waals surface area contributed by atoms with Gasteiger partial charge in [0, 0.05) is 41.4 Å². The molecule has 1 amide bonds. The first-order valence-electron chi connectivity index (χ1n) is 6.86. The monoisotopic (exact) mass is 314 g/mol. The predicted octanol–water partition coefficient (Wildman–Crippen LogP) is 1.66. The van der Waals surface area contributed by atoms with Crippen LogP contribution in [-0.4, -0.2) is 34.3 Å². The van der Waals surface area contributed by atoms with Gasteiger partial charge in [0.2, 0.25) is 5.91 Å². The number of amides is 1. The van der Waals surface area contributed by atoms with Crippen LogP contribution in [0.3, 0.4) is 0 Å². The van der Waals surface area contributed by atoms with Gasteiger partial charge in [-0.1, -0.05) is 0 Å². The number of benzene rings is 1. The van der Waals surface area contributed by atoms with Gasteiger partial charge >= 0.3 is 0 Å². The summed E-state index contributed by atoms with van der Waals surface area (Å²) in [5.74, 6) is -0.405. The van der Waals surface area contributed by atoms with Crippen molar-refractivity contribution in [3.05, 3.63) is 24.0 Å². The molecule has 1 fully saturated rings. The van der Waals surface area contributed by atoms with Crippen LogP contribution >= 0.6 is 0 Å². The Balaban J connectivity index is 1.80. The fourth-order valence-corrected chi connectivity index (χ4v) is 3.60. The van der Waals surface area contributed by atoms with Crippen molar-refractivity contribution >= 4 is 28.1 Å². The number of nitrogens with one attached hydrogen (secondary N) is 1. The van der Waals surface area contributed by atoms with Crippen LogP contribution in [0.25, 0.3) is 0 Å². The van der Waals surface area contributed by atoms with Gasteiger partial charge in [-0.05, 0) is 31.0 Å².